The minimum Gasteiger partial charge on any atom is -0.458 e. The summed E-state index contributed by atoms with van der Waals surface area (Å²) < 4.78 is 22.8. The summed E-state index contributed by atoms with van der Waals surface area (Å²) in [6, 6.07) is 0. The zero-order valence-corrected chi connectivity index (χ0v) is 23.3. The van der Waals surface area contributed by atoms with Crippen LogP contribution in [0.4, 0.5) is 0 Å². The van der Waals surface area contributed by atoms with Crippen LogP contribution in [0.1, 0.15) is 78.6 Å². The van der Waals surface area contributed by atoms with Crippen LogP contribution in [0.2, 0.25) is 0 Å². The Kier molecular flexibility index (Phi) is 6.80. The smallest absolute Gasteiger partial charge is 0.331 e. The molecule has 3 N–H and O–H groups in total. The summed E-state index contributed by atoms with van der Waals surface area (Å²) in [5.74, 6) is 1.22. The van der Waals surface area contributed by atoms with Crippen molar-refractivity contribution in [1.29, 1.82) is 0 Å². The highest BCUT2D eigenvalue weighted by Gasteiger charge is 2.67. The number of aliphatic hydroxyl groups is 3. The van der Waals surface area contributed by atoms with Gasteiger partial charge in [-0.25, -0.2) is 4.79 Å². The Balaban J connectivity index is 1.16. The van der Waals surface area contributed by atoms with E-state index < -0.39 is 36.3 Å². The van der Waals surface area contributed by atoms with Crippen molar-refractivity contribution >= 4 is 5.97 Å². The number of hydrogen-bond acceptors (Lipinski definition) is 8. The van der Waals surface area contributed by atoms with E-state index in [4.69, 9.17) is 18.9 Å². The van der Waals surface area contributed by atoms with Gasteiger partial charge in [-0.3, -0.25) is 0 Å². The summed E-state index contributed by atoms with van der Waals surface area (Å²) in [4.78, 5) is 11.8. The van der Waals surface area contributed by atoms with Crippen molar-refractivity contribution in [3.05, 3.63) is 11.6 Å². The number of carbonyl (C=O) groups excluding carboxylic acids is 1. The molecule has 38 heavy (non-hydrogen) atoms. The molecule has 4 saturated carbocycles. The van der Waals surface area contributed by atoms with Crippen LogP contribution in [-0.2, 0) is 23.7 Å². The molecule has 214 valence electrons. The summed E-state index contributed by atoms with van der Waals surface area (Å²) in [5.41, 5.74) is 0.300. The lowest BCUT2D eigenvalue weighted by molar-refractivity contribution is -0.313. The van der Waals surface area contributed by atoms with Gasteiger partial charge >= 0.3 is 5.97 Å². The second kappa shape index (κ2) is 9.52. The van der Waals surface area contributed by atoms with Crippen molar-refractivity contribution in [3.8, 4) is 0 Å². The molecule has 2 heterocycles. The SMILES string of the molecule is COC1C(O)C(C)OC(OC2CC[C@@]3(C)[C@H](CC[C@@H]4[C@@H]3CC[C@]3(C)[C@@H](C5=CC(=O)OC5)CC[C@]43O)C2)C1O. The third-order valence-electron chi connectivity index (χ3n) is 12.3. The number of methoxy groups -OCH3 is 1. The molecule has 0 aromatic rings. The molecule has 5 fully saturated rings. The van der Waals surface area contributed by atoms with Crippen molar-refractivity contribution in [2.24, 2.45) is 34.5 Å². The van der Waals surface area contributed by atoms with Gasteiger partial charge < -0.3 is 34.3 Å². The van der Waals surface area contributed by atoms with Gasteiger partial charge in [0.25, 0.3) is 0 Å². The lowest BCUT2D eigenvalue weighted by atomic mass is 9.43. The standard InChI is InChI=1S/C30H46O8/c1-16-24(32)26(35-4)25(33)27(37-16)38-19-7-10-28(2)18(14-19)5-6-22-21(28)8-11-29(3)20(9-12-30(22,29)34)17-13-23(31)36-15-17/h13,16,18-22,24-27,32-34H,5-12,14-15H2,1-4H3/t16?,18-,19?,20-,21+,22-,24?,25?,26?,27?,28+,29-,30+/m1/s1. The van der Waals surface area contributed by atoms with Crippen LogP contribution in [0.5, 0.6) is 0 Å². The van der Waals surface area contributed by atoms with Gasteiger partial charge in [0.1, 0.15) is 24.9 Å². The van der Waals surface area contributed by atoms with E-state index in [2.05, 4.69) is 13.8 Å². The predicted octanol–water partition coefficient (Wildman–Crippen LogP) is 3.11. The van der Waals surface area contributed by atoms with Crippen LogP contribution < -0.4 is 0 Å². The first-order valence-electron chi connectivity index (χ1n) is 14.8. The van der Waals surface area contributed by atoms with E-state index in [9.17, 15) is 20.1 Å². The number of ether oxygens (including phenoxy) is 4. The fraction of sp³-hybridized carbons (Fsp3) is 0.900. The van der Waals surface area contributed by atoms with Crippen LogP contribution in [0.25, 0.3) is 0 Å². The summed E-state index contributed by atoms with van der Waals surface area (Å²) in [6.07, 6.45) is 6.45. The van der Waals surface area contributed by atoms with Crippen molar-refractivity contribution in [1.82, 2.24) is 0 Å². The summed E-state index contributed by atoms with van der Waals surface area (Å²) in [6.45, 7) is 6.87. The molecule has 1 saturated heterocycles. The van der Waals surface area contributed by atoms with Gasteiger partial charge in [0.15, 0.2) is 6.29 Å². The monoisotopic (exact) mass is 534 g/mol. The summed E-state index contributed by atoms with van der Waals surface area (Å²) >= 11 is 0. The van der Waals surface area contributed by atoms with Gasteiger partial charge in [0.2, 0.25) is 0 Å². The average molecular weight is 535 g/mol. The largest absolute Gasteiger partial charge is 0.458 e. The first-order valence-corrected chi connectivity index (χ1v) is 14.8. The first-order chi connectivity index (χ1) is 18.0. The van der Waals surface area contributed by atoms with Gasteiger partial charge in [-0.15, -0.1) is 0 Å². The molecule has 0 aromatic carbocycles. The average Bonchev–Trinajstić information content (AvgIpc) is 3.43. The molecule has 6 aliphatic rings. The number of cyclic esters (lactones) is 1. The van der Waals surface area contributed by atoms with Gasteiger partial charge in [-0.05, 0) is 99.4 Å². The second-order valence-corrected chi connectivity index (χ2v) is 13.7. The maximum Gasteiger partial charge on any atom is 0.331 e. The maximum atomic E-state index is 12.4. The molecule has 0 bridgehead atoms. The number of aliphatic hydroxyl groups excluding tert-OH is 2. The molecular formula is C30H46O8. The van der Waals surface area contributed by atoms with E-state index in [-0.39, 0.29) is 34.7 Å². The molecule has 6 unspecified atom stereocenters. The Morgan fingerprint density at radius 3 is 2.50 bits per heavy atom. The fourth-order valence-electron chi connectivity index (χ4n) is 10.1. The number of esters is 1. The molecule has 0 aromatic heterocycles. The Bertz CT molecular complexity index is 968. The molecule has 2 aliphatic heterocycles. The Morgan fingerprint density at radius 1 is 1.00 bits per heavy atom. The van der Waals surface area contributed by atoms with Crippen molar-refractivity contribution in [2.75, 3.05) is 13.7 Å². The van der Waals surface area contributed by atoms with Crippen molar-refractivity contribution < 1.29 is 39.1 Å². The quantitative estimate of drug-likeness (QED) is 0.372. The fourth-order valence-corrected chi connectivity index (χ4v) is 10.1. The van der Waals surface area contributed by atoms with Crippen LogP contribution in [0, 0.1) is 34.5 Å². The minimum atomic E-state index is -1.04. The highest BCUT2D eigenvalue weighted by molar-refractivity contribution is 5.85. The normalized spacial score (nSPS) is 54.5. The van der Waals surface area contributed by atoms with Gasteiger partial charge in [-0.1, -0.05) is 13.8 Å². The van der Waals surface area contributed by atoms with E-state index in [0.29, 0.717) is 18.4 Å². The lowest BCUT2D eigenvalue weighted by Crippen LogP contribution is -2.62. The molecule has 0 amide bonds. The molecule has 6 rings (SSSR count). The highest BCUT2D eigenvalue weighted by Crippen LogP contribution is 2.70. The summed E-state index contributed by atoms with van der Waals surface area (Å²) in [5, 5.41) is 33.5. The molecule has 0 radical (unpaired) electrons. The molecule has 8 heteroatoms. The third-order valence-corrected chi connectivity index (χ3v) is 12.3. The van der Waals surface area contributed by atoms with E-state index in [0.717, 1.165) is 63.4 Å². The lowest BCUT2D eigenvalue weighted by Gasteiger charge is -2.64. The minimum absolute atomic E-state index is 0.0103. The van der Waals surface area contributed by atoms with Gasteiger partial charge in [-0.2, -0.15) is 0 Å². The number of carbonyl (C=O) groups is 1. The van der Waals surface area contributed by atoms with Crippen molar-refractivity contribution in [2.45, 2.75) is 121 Å². The third kappa shape index (κ3) is 3.88. The molecule has 13 atom stereocenters. The van der Waals surface area contributed by atoms with Crippen LogP contribution in [0.15, 0.2) is 11.6 Å². The Labute approximate surface area is 226 Å². The zero-order valence-electron chi connectivity index (χ0n) is 23.3. The topological polar surface area (TPSA) is 115 Å². The van der Waals surface area contributed by atoms with E-state index >= 15 is 0 Å². The van der Waals surface area contributed by atoms with E-state index in [1.54, 1.807) is 13.0 Å². The number of hydrogen-bond donors (Lipinski definition) is 3. The zero-order chi connectivity index (χ0) is 27.0. The molecular weight excluding hydrogens is 488 g/mol. The van der Waals surface area contributed by atoms with Crippen LogP contribution >= 0.6 is 0 Å². The summed E-state index contributed by atoms with van der Waals surface area (Å²) in [7, 11) is 1.49. The number of rotatable bonds is 4. The maximum absolute atomic E-state index is 12.4. The van der Waals surface area contributed by atoms with E-state index in [1.165, 1.54) is 7.11 Å². The van der Waals surface area contributed by atoms with Crippen LogP contribution in [0.3, 0.4) is 0 Å². The van der Waals surface area contributed by atoms with Crippen LogP contribution in [-0.4, -0.2) is 77.4 Å². The molecule has 8 nitrogen and oxygen atoms in total. The second-order valence-electron chi connectivity index (χ2n) is 13.7. The van der Waals surface area contributed by atoms with E-state index in [1.807, 2.05) is 0 Å². The Hall–Kier alpha value is -1.03. The number of fused-ring (bicyclic) bond motifs is 5. The first kappa shape index (κ1) is 27.2. The van der Waals surface area contributed by atoms with Crippen molar-refractivity contribution in [3.63, 3.8) is 0 Å². The van der Waals surface area contributed by atoms with Gasteiger partial charge in [0.05, 0.1) is 17.8 Å². The van der Waals surface area contributed by atoms with Gasteiger partial charge in [0, 0.05) is 18.6 Å². The molecule has 4 aliphatic carbocycles. The molecule has 0 spiro atoms. The Morgan fingerprint density at radius 2 is 1.79 bits per heavy atom. The highest BCUT2D eigenvalue weighted by atomic mass is 16.7. The predicted molar refractivity (Wildman–Crippen MR) is 138 cm³/mol.